The molecule has 2 atom stereocenters. The number of benzene rings is 1. The SMILES string of the molecule is CCOC(=O)C1Cc2ccccc2C12C=CCCC2. The molecule has 2 aliphatic carbocycles. The third-order valence-corrected chi connectivity index (χ3v) is 4.51. The molecule has 0 N–H and O–H groups in total. The Kier molecular flexibility index (Phi) is 3.17. The predicted octanol–water partition coefficient (Wildman–Crippen LogP) is 3.40. The van der Waals surface area contributed by atoms with E-state index in [1.54, 1.807) is 0 Å². The second-order valence-electron chi connectivity index (χ2n) is 5.50. The van der Waals surface area contributed by atoms with Gasteiger partial charge in [0.05, 0.1) is 12.5 Å². The number of allylic oxidation sites excluding steroid dienone is 2. The van der Waals surface area contributed by atoms with Crippen molar-refractivity contribution in [3.63, 3.8) is 0 Å². The quantitative estimate of drug-likeness (QED) is 0.599. The Balaban J connectivity index is 2.05. The van der Waals surface area contributed by atoms with Crippen LogP contribution in [0.15, 0.2) is 36.4 Å². The Bertz CT molecular complexity index is 518. The van der Waals surface area contributed by atoms with Crippen LogP contribution in [0.25, 0.3) is 0 Å². The second-order valence-corrected chi connectivity index (χ2v) is 5.50. The first kappa shape index (κ1) is 12.5. The number of ether oxygens (including phenoxy) is 1. The Morgan fingerprint density at radius 2 is 2.26 bits per heavy atom. The van der Waals surface area contributed by atoms with Gasteiger partial charge in [-0.3, -0.25) is 4.79 Å². The van der Waals surface area contributed by atoms with Gasteiger partial charge in [-0.25, -0.2) is 0 Å². The van der Waals surface area contributed by atoms with Gasteiger partial charge < -0.3 is 4.74 Å². The fourth-order valence-electron chi connectivity index (χ4n) is 3.68. The molecule has 0 saturated carbocycles. The van der Waals surface area contributed by atoms with Gasteiger partial charge in [0, 0.05) is 5.41 Å². The van der Waals surface area contributed by atoms with E-state index in [1.807, 2.05) is 6.92 Å². The minimum absolute atomic E-state index is 0.0368. The number of carbonyl (C=O) groups is 1. The van der Waals surface area contributed by atoms with Gasteiger partial charge in [0.15, 0.2) is 0 Å². The van der Waals surface area contributed by atoms with E-state index in [-0.39, 0.29) is 17.3 Å². The summed E-state index contributed by atoms with van der Waals surface area (Å²) >= 11 is 0. The predicted molar refractivity (Wildman–Crippen MR) is 74.9 cm³/mol. The van der Waals surface area contributed by atoms with E-state index in [4.69, 9.17) is 4.74 Å². The summed E-state index contributed by atoms with van der Waals surface area (Å²) in [6.07, 6.45) is 8.66. The summed E-state index contributed by atoms with van der Waals surface area (Å²) < 4.78 is 5.31. The molecule has 0 heterocycles. The minimum atomic E-state index is -0.110. The Labute approximate surface area is 114 Å². The van der Waals surface area contributed by atoms with Crippen LogP contribution in [0.2, 0.25) is 0 Å². The van der Waals surface area contributed by atoms with Crippen LogP contribution in [0.1, 0.15) is 37.3 Å². The molecule has 0 amide bonds. The first-order valence-corrected chi connectivity index (χ1v) is 7.20. The van der Waals surface area contributed by atoms with Gasteiger partial charge >= 0.3 is 5.97 Å². The topological polar surface area (TPSA) is 26.3 Å². The molecule has 2 heteroatoms. The molecule has 0 radical (unpaired) electrons. The molecule has 0 aromatic heterocycles. The molecule has 1 spiro atoms. The molecule has 0 bridgehead atoms. The molecule has 3 rings (SSSR count). The summed E-state index contributed by atoms with van der Waals surface area (Å²) in [5.74, 6) is -0.0772. The zero-order valence-corrected chi connectivity index (χ0v) is 11.4. The molecule has 100 valence electrons. The van der Waals surface area contributed by atoms with E-state index in [1.165, 1.54) is 11.1 Å². The second kappa shape index (κ2) is 4.84. The number of rotatable bonds is 2. The van der Waals surface area contributed by atoms with E-state index >= 15 is 0 Å². The van der Waals surface area contributed by atoms with Crippen LogP contribution in [-0.4, -0.2) is 12.6 Å². The van der Waals surface area contributed by atoms with E-state index < -0.39 is 0 Å². The van der Waals surface area contributed by atoms with Gasteiger partial charge in [-0.2, -0.15) is 0 Å². The van der Waals surface area contributed by atoms with E-state index in [2.05, 4.69) is 36.4 Å². The van der Waals surface area contributed by atoms with Crippen molar-refractivity contribution in [2.24, 2.45) is 5.92 Å². The van der Waals surface area contributed by atoms with Gasteiger partial charge in [-0.15, -0.1) is 0 Å². The molecular formula is C17H20O2. The monoisotopic (exact) mass is 256 g/mol. The lowest BCUT2D eigenvalue weighted by Crippen LogP contribution is -2.37. The lowest BCUT2D eigenvalue weighted by molar-refractivity contribution is -0.149. The van der Waals surface area contributed by atoms with Crippen molar-refractivity contribution >= 4 is 5.97 Å². The highest BCUT2D eigenvalue weighted by Gasteiger charge is 2.49. The Hall–Kier alpha value is -1.57. The lowest BCUT2D eigenvalue weighted by atomic mass is 9.69. The summed E-state index contributed by atoms with van der Waals surface area (Å²) in [6, 6.07) is 8.48. The fraction of sp³-hybridized carbons (Fsp3) is 0.471. The molecule has 0 aliphatic heterocycles. The molecule has 19 heavy (non-hydrogen) atoms. The van der Waals surface area contributed by atoms with Gasteiger partial charge in [0.2, 0.25) is 0 Å². The van der Waals surface area contributed by atoms with E-state index in [9.17, 15) is 4.79 Å². The first-order chi connectivity index (χ1) is 9.28. The van der Waals surface area contributed by atoms with Crippen LogP contribution < -0.4 is 0 Å². The highest BCUT2D eigenvalue weighted by Crippen LogP contribution is 2.49. The van der Waals surface area contributed by atoms with Crippen molar-refractivity contribution in [2.75, 3.05) is 6.61 Å². The van der Waals surface area contributed by atoms with Crippen molar-refractivity contribution in [3.05, 3.63) is 47.5 Å². The van der Waals surface area contributed by atoms with Crippen molar-refractivity contribution in [3.8, 4) is 0 Å². The summed E-state index contributed by atoms with van der Waals surface area (Å²) in [5, 5.41) is 0. The van der Waals surface area contributed by atoms with Gasteiger partial charge in [-0.1, -0.05) is 36.4 Å². The largest absolute Gasteiger partial charge is 0.466 e. The molecule has 2 aliphatic rings. The Morgan fingerprint density at radius 1 is 1.42 bits per heavy atom. The summed E-state index contributed by atoms with van der Waals surface area (Å²) in [4.78, 5) is 12.3. The standard InChI is InChI=1S/C17H20O2/c1-2-19-16(18)15-12-13-8-4-5-9-14(13)17(15)10-6-3-7-11-17/h4-6,8-10,15H,2-3,7,11-12H2,1H3. The zero-order valence-electron chi connectivity index (χ0n) is 11.4. The van der Waals surface area contributed by atoms with Crippen LogP contribution in [-0.2, 0) is 21.4 Å². The average molecular weight is 256 g/mol. The molecular weight excluding hydrogens is 236 g/mol. The molecule has 2 nitrogen and oxygen atoms in total. The molecule has 1 aromatic rings. The maximum absolute atomic E-state index is 12.3. The van der Waals surface area contributed by atoms with Gasteiger partial charge in [0.25, 0.3) is 0 Å². The highest BCUT2D eigenvalue weighted by molar-refractivity contribution is 5.78. The van der Waals surface area contributed by atoms with Crippen molar-refractivity contribution in [2.45, 2.75) is 38.0 Å². The van der Waals surface area contributed by atoms with Crippen molar-refractivity contribution in [1.29, 1.82) is 0 Å². The van der Waals surface area contributed by atoms with Gasteiger partial charge in [-0.05, 0) is 43.7 Å². The van der Waals surface area contributed by atoms with Gasteiger partial charge in [0.1, 0.15) is 0 Å². The maximum atomic E-state index is 12.3. The fourth-order valence-corrected chi connectivity index (χ4v) is 3.68. The van der Waals surface area contributed by atoms with Crippen LogP contribution in [0, 0.1) is 5.92 Å². The van der Waals surface area contributed by atoms with Crippen LogP contribution in [0.3, 0.4) is 0 Å². The third kappa shape index (κ3) is 1.90. The van der Waals surface area contributed by atoms with E-state index in [0.29, 0.717) is 6.61 Å². The number of carbonyl (C=O) groups excluding carboxylic acids is 1. The smallest absolute Gasteiger partial charge is 0.310 e. The molecule has 2 unspecified atom stereocenters. The number of esters is 1. The van der Waals surface area contributed by atoms with Crippen LogP contribution in [0.5, 0.6) is 0 Å². The van der Waals surface area contributed by atoms with E-state index in [0.717, 1.165) is 25.7 Å². The summed E-state index contributed by atoms with van der Waals surface area (Å²) in [7, 11) is 0. The lowest BCUT2D eigenvalue weighted by Gasteiger charge is -2.34. The highest BCUT2D eigenvalue weighted by atomic mass is 16.5. The Morgan fingerprint density at radius 3 is 3.00 bits per heavy atom. The number of fused-ring (bicyclic) bond motifs is 2. The third-order valence-electron chi connectivity index (χ3n) is 4.51. The number of hydrogen-bond donors (Lipinski definition) is 0. The number of hydrogen-bond acceptors (Lipinski definition) is 2. The van der Waals surface area contributed by atoms with Crippen molar-refractivity contribution < 1.29 is 9.53 Å². The molecule has 0 fully saturated rings. The maximum Gasteiger partial charge on any atom is 0.310 e. The molecule has 1 aromatic carbocycles. The van der Waals surface area contributed by atoms with Crippen LogP contribution in [0.4, 0.5) is 0 Å². The summed E-state index contributed by atoms with van der Waals surface area (Å²) in [5.41, 5.74) is 2.54. The first-order valence-electron chi connectivity index (χ1n) is 7.20. The van der Waals surface area contributed by atoms with Crippen molar-refractivity contribution in [1.82, 2.24) is 0 Å². The minimum Gasteiger partial charge on any atom is -0.466 e. The normalized spacial score (nSPS) is 28.4. The van der Waals surface area contributed by atoms with Crippen LogP contribution >= 0.6 is 0 Å². The zero-order chi connectivity index (χ0) is 13.3. The summed E-state index contributed by atoms with van der Waals surface area (Å²) in [6.45, 7) is 2.34. The average Bonchev–Trinajstić information content (AvgIpc) is 2.75. The molecule has 0 saturated heterocycles.